The molecule has 152 valence electrons. The van der Waals surface area contributed by atoms with Crippen molar-refractivity contribution in [3.8, 4) is 5.69 Å². The number of rotatable bonds is 6. The number of ether oxygens (including phenoxy) is 1. The van der Waals surface area contributed by atoms with Gasteiger partial charge in [0.25, 0.3) is 5.91 Å². The highest BCUT2D eigenvalue weighted by Gasteiger charge is 2.19. The number of nitrogens with zero attached hydrogens (tertiary/aromatic N) is 3. The summed E-state index contributed by atoms with van der Waals surface area (Å²) < 4.78 is 7.11. The Kier molecular flexibility index (Phi) is 5.63. The summed E-state index contributed by atoms with van der Waals surface area (Å²) in [5.74, 6) is -0.753. The van der Waals surface area contributed by atoms with E-state index in [1.54, 1.807) is 18.0 Å². The normalized spacial score (nSPS) is 10.9. The number of esters is 1. The maximum atomic E-state index is 12.5. The molecule has 7 heteroatoms. The van der Waals surface area contributed by atoms with Crippen molar-refractivity contribution in [1.29, 1.82) is 0 Å². The predicted molar refractivity (Wildman–Crippen MR) is 117 cm³/mol. The third-order valence-electron chi connectivity index (χ3n) is 4.76. The van der Waals surface area contributed by atoms with Crippen LogP contribution in [0, 0.1) is 6.92 Å². The van der Waals surface area contributed by atoms with E-state index in [2.05, 4.69) is 5.10 Å². The summed E-state index contributed by atoms with van der Waals surface area (Å²) in [4.78, 5) is 27.8. The average molecular weight is 420 g/mol. The lowest BCUT2D eigenvalue weighted by atomic mass is 10.2. The molecule has 0 aliphatic carbocycles. The first-order valence-corrected chi connectivity index (χ1v) is 10.3. The first kappa shape index (κ1) is 19.8. The quantitative estimate of drug-likeness (QED) is 0.439. The van der Waals surface area contributed by atoms with Gasteiger partial charge in [0.05, 0.1) is 11.4 Å². The Bertz CT molecular complexity index is 1180. The number of benzene rings is 2. The van der Waals surface area contributed by atoms with Crippen LogP contribution >= 0.6 is 11.3 Å². The SMILES string of the molecule is Cc1nn(-c2ccccc2)c2sc(C(=O)OCC(=O)N(C)Cc3ccccc3)cc12. The highest BCUT2D eigenvalue weighted by molar-refractivity contribution is 7.20. The van der Waals surface area contributed by atoms with Crippen LogP contribution in [0.25, 0.3) is 15.9 Å². The summed E-state index contributed by atoms with van der Waals surface area (Å²) in [6.07, 6.45) is 0. The molecule has 0 saturated heterocycles. The minimum Gasteiger partial charge on any atom is -0.451 e. The van der Waals surface area contributed by atoms with Gasteiger partial charge < -0.3 is 9.64 Å². The fourth-order valence-electron chi connectivity index (χ4n) is 3.15. The van der Waals surface area contributed by atoms with Crippen LogP contribution < -0.4 is 0 Å². The largest absolute Gasteiger partial charge is 0.451 e. The molecule has 0 spiro atoms. The lowest BCUT2D eigenvalue weighted by molar-refractivity contribution is -0.133. The molecule has 1 amide bonds. The monoisotopic (exact) mass is 419 g/mol. The van der Waals surface area contributed by atoms with Crippen molar-refractivity contribution in [2.24, 2.45) is 0 Å². The Labute approximate surface area is 178 Å². The minimum absolute atomic E-state index is 0.250. The van der Waals surface area contributed by atoms with Crippen LogP contribution in [0.3, 0.4) is 0 Å². The van der Waals surface area contributed by atoms with E-state index in [4.69, 9.17) is 4.74 Å². The molecule has 0 fully saturated rings. The molecule has 4 rings (SSSR count). The molecule has 0 aliphatic rings. The molecule has 0 saturated carbocycles. The van der Waals surface area contributed by atoms with Gasteiger partial charge in [-0.15, -0.1) is 11.3 Å². The number of para-hydroxylation sites is 1. The molecular formula is C23H21N3O3S. The Balaban J connectivity index is 1.44. The summed E-state index contributed by atoms with van der Waals surface area (Å²) in [6, 6.07) is 21.2. The van der Waals surface area contributed by atoms with E-state index in [0.717, 1.165) is 27.2 Å². The van der Waals surface area contributed by atoms with Gasteiger partial charge in [-0.1, -0.05) is 48.5 Å². The molecule has 0 bridgehead atoms. The van der Waals surface area contributed by atoms with Crippen LogP contribution in [-0.4, -0.2) is 40.2 Å². The summed E-state index contributed by atoms with van der Waals surface area (Å²) in [5, 5.41) is 5.48. The zero-order valence-electron chi connectivity index (χ0n) is 16.7. The standard InChI is InChI=1S/C23H21N3O3S/c1-16-19-13-20(30-22(19)26(24-16)18-11-7-4-8-12-18)23(28)29-15-21(27)25(2)14-17-9-5-3-6-10-17/h3-13H,14-15H2,1-2H3. The van der Waals surface area contributed by atoms with Crippen molar-refractivity contribution in [2.75, 3.05) is 13.7 Å². The van der Waals surface area contributed by atoms with Crippen molar-refractivity contribution < 1.29 is 14.3 Å². The first-order chi connectivity index (χ1) is 14.5. The number of aryl methyl sites for hydroxylation is 1. The molecular weight excluding hydrogens is 398 g/mol. The van der Waals surface area contributed by atoms with E-state index in [1.165, 1.54) is 11.3 Å². The van der Waals surface area contributed by atoms with Gasteiger partial charge in [-0.3, -0.25) is 4.79 Å². The van der Waals surface area contributed by atoms with E-state index < -0.39 is 5.97 Å². The lowest BCUT2D eigenvalue weighted by Gasteiger charge is -2.17. The molecule has 2 aromatic carbocycles. The summed E-state index contributed by atoms with van der Waals surface area (Å²) in [5.41, 5.74) is 2.78. The van der Waals surface area contributed by atoms with Crippen LogP contribution in [0.5, 0.6) is 0 Å². The summed E-state index contributed by atoms with van der Waals surface area (Å²) in [7, 11) is 1.69. The lowest BCUT2D eigenvalue weighted by Crippen LogP contribution is -2.30. The number of aromatic nitrogens is 2. The van der Waals surface area contributed by atoms with Crippen molar-refractivity contribution in [2.45, 2.75) is 13.5 Å². The number of thiophene rings is 1. The highest BCUT2D eigenvalue weighted by Crippen LogP contribution is 2.30. The topological polar surface area (TPSA) is 64.4 Å². The molecule has 0 atom stereocenters. The predicted octanol–water partition coefficient (Wildman–Crippen LogP) is 4.21. The fraction of sp³-hybridized carbons (Fsp3) is 0.174. The molecule has 4 aromatic rings. The number of fused-ring (bicyclic) bond motifs is 1. The number of carbonyl (C=O) groups is 2. The van der Waals surface area contributed by atoms with E-state index in [9.17, 15) is 9.59 Å². The first-order valence-electron chi connectivity index (χ1n) is 9.52. The van der Waals surface area contributed by atoms with E-state index in [0.29, 0.717) is 11.4 Å². The van der Waals surface area contributed by atoms with Crippen LogP contribution in [0.15, 0.2) is 66.7 Å². The van der Waals surface area contributed by atoms with Gasteiger partial charge in [-0.2, -0.15) is 5.10 Å². The maximum Gasteiger partial charge on any atom is 0.348 e. The second kappa shape index (κ2) is 8.51. The van der Waals surface area contributed by atoms with Gasteiger partial charge in [-0.05, 0) is 30.7 Å². The second-order valence-corrected chi connectivity index (χ2v) is 8.00. The number of carbonyl (C=O) groups excluding carboxylic acids is 2. The molecule has 0 N–H and O–H groups in total. The van der Waals surface area contributed by atoms with Gasteiger partial charge in [0.1, 0.15) is 9.71 Å². The minimum atomic E-state index is -0.503. The Morgan fingerprint density at radius 1 is 1.07 bits per heavy atom. The van der Waals surface area contributed by atoms with Crippen LogP contribution in [0.2, 0.25) is 0 Å². The molecule has 30 heavy (non-hydrogen) atoms. The smallest absolute Gasteiger partial charge is 0.348 e. The van der Waals surface area contributed by atoms with Gasteiger partial charge in [0.2, 0.25) is 0 Å². The second-order valence-electron chi connectivity index (χ2n) is 6.97. The van der Waals surface area contributed by atoms with Crippen LogP contribution in [-0.2, 0) is 16.1 Å². The van der Waals surface area contributed by atoms with Crippen molar-refractivity contribution >= 4 is 33.4 Å². The van der Waals surface area contributed by atoms with E-state index >= 15 is 0 Å². The number of amides is 1. The molecule has 2 aromatic heterocycles. The summed E-state index contributed by atoms with van der Waals surface area (Å²) >= 11 is 1.31. The number of hydrogen-bond donors (Lipinski definition) is 0. The van der Waals surface area contributed by atoms with Crippen molar-refractivity contribution in [3.63, 3.8) is 0 Å². The molecule has 0 radical (unpaired) electrons. The highest BCUT2D eigenvalue weighted by atomic mass is 32.1. The zero-order valence-corrected chi connectivity index (χ0v) is 17.6. The van der Waals surface area contributed by atoms with E-state index in [1.807, 2.05) is 72.3 Å². The van der Waals surface area contributed by atoms with Gasteiger partial charge in [0.15, 0.2) is 6.61 Å². The molecule has 0 unspecified atom stereocenters. The van der Waals surface area contributed by atoms with Gasteiger partial charge >= 0.3 is 5.97 Å². The van der Waals surface area contributed by atoms with Crippen molar-refractivity contribution in [3.05, 3.63) is 82.9 Å². The summed E-state index contributed by atoms with van der Waals surface area (Å²) in [6.45, 7) is 2.08. The van der Waals surface area contributed by atoms with Gasteiger partial charge in [-0.25, -0.2) is 9.48 Å². The maximum absolute atomic E-state index is 12.5. The Morgan fingerprint density at radius 2 is 1.73 bits per heavy atom. The Hall–Kier alpha value is -3.45. The molecule has 0 aliphatic heterocycles. The third kappa shape index (κ3) is 4.11. The molecule has 6 nitrogen and oxygen atoms in total. The molecule has 2 heterocycles. The Morgan fingerprint density at radius 3 is 2.43 bits per heavy atom. The average Bonchev–Trinajstić information content (AvgIpc) is 3.34. The van der Waals surface area contributed by atoms with E-state index in [-0.39, 0.29) is 12.5 Å². The number of likely N-dealkylation sites (N-methyl/N-ethyl adjacent to an activating group) is 1. The van der Waals surface area contributed by atoms with Gasteiger partial charge in [0, 0.05) is 19.0 Å². The van der Waals surface area contributed by atoms with Crippen molar-refractivity contribution in [1.82, 2.24) is 14.7 Å². The number of hydrogen-bond acceptors (Lipinski definition) is 5. The van der Waals surface area contributed by atoms with Crippen LogP contribution in [0.1, 0.15) is 20.9 Å². The fourth-order valence-corrected chi connectivity index (χ4v) is 4.22. The third-order valence-corrected chi connectivity index (χ3v) is 5.85. The zero-order chi connectivity index (χ0) is 21.1. The van der Waals surface area contributed by atoms with Crippen LogP contribution in [0.4, 0.5) is 0 Å².